The molecule has 3 aromatic heterocycles. The number of amides is 1. The van der Waals surface area contributed by atoms with E-state index in [2.05, 4.69) is 15.1 Å². The number of hydrogen-bond donors (Lipinski definition) is 2. The molecule has 0 bridgehead atoms. The summed E-state index contributed by atoms with van der Waals surface area (Å²) in [5.74, 6) is -0.0393. The van der Waals surface area contributed by atoms with Gasteiger partial charge in [-0.15, -0.1) is 22.7 Å². The summed E-state index contributed by atoms with van der Waals surface area (Å²) in [4.78, 5) is 18.8. The molecule has 0 unspecified atom stereocenters. The van der Waals surface area contributed by atoms with Crippen LogP contribution in [0, 0.1) is 0 Å². The summed E-state index contributed by atoms with van der Waals surface area (Å²) in [5, 5.41) is 21.4. The van der Waals surface area contributed by atoms with Gasteiger partial charge >= 0.3 is 0 Å². The van der Waals surface area contributed by atoms with Crippen LogP contribution >= 0.6 is 22.7 Å². The first-order valence-corrected chi connectivity index (χ1v) is 10.3. The van der Waals surface area contributed by atoms with Gasteiger partial charge in [-0.2, -0.15) is 5.10 Å². The number of aliphatic hydroxyl groups excluding tert-OH is 1. The minimum atomic E-state index is -0.461. The van der Waals surface area contributed by atoms with Crippen molar-refractivity contribution in [1.29, 1.82) is 0 Å². The molecule has 0 aromatic carbocycles. The highest BCUT2D eigenvalue weighted by Gasteiger charge is 2.25. The smallest absolute Gasteiger partial charge is 0.274 e. The fourth-order valence-corrected chi connectivity index (χ4v) is 4.50. The normalized spacial score (nSPS) is 16.7. The second kappa shape index (κ2) is 7.71. The summed E-state index contributed by atoms with van der Waals surface area (Å²) in [5.41, 5.74) is 1.33. The van der Waals surface area contributed by atoms with Crippen LogP contribution in [0.2, 0.25) is 0 Å². The molecule has 1 saturated heterocycles. The molecule has 26 heavy (non-hydrogen) atoms. The Bertz CT molecular complexity index is 837. The van der Waals surface area contributed by atoms with Crippen molar-refractivity contribution in [1.82, 2.24) is 20.0 Å². The Morgan fingerprint density at radius 2 is 1.96 bits per heavy atom. The average molecular weight is 389 g/mol. The Morgan fingerprint density at radius 3 is 2.65 bits per heavy atom. The zero-order valence-electron chi connectivity index (χ0n) is 14.2. The Morgan fingerprint density at radius 1 is 1.19 bits per heavy atom. The minimum absolute atomic E-state index is 0.0393. The molecule has 1 aliphatic rings. The molecule has 136 valence electrons. The van der Waals surface area contributed by atoms with Crippen molar-refractivity contribution < 1.29 is 9.90 Å². The van der Waals surface area contributed by atoms with Gasteiger partial charge in [-0.3, -0.25) is 14.8 Å². The molecule has 0 radical (unpaired) electrons. The molecule has 4 heterocycles. The summed E-state index contributed by atoms with van der Waals surface area (Å²) in [7, 11) is 0. The standard InChI is InChI=1S/C18H20N4O2S2/c23-15(17-4-2-10-26-17)12-21-5-7-22(8-6-21)18(24)14-11-13(19-20-14)16-3-1-9-25-16/h1-4,9-11,15,23H,5-8,12H2,(H,19,20)/t15-/m1/s1. The predicted octanol–water partition coefficient (Wildman–Crippen LogP) is 2.69. The van der Waals surface area contributed by atoms with Crippen LogP contribution in [0.1, 0.15) is 21.5 Å². The Balaban J connectivity index is 1.32. The lowest BCUT2D eigenvalue weighted by Crippen LogP contribution is -2.49. The molecule has 0 spiro atoms. The van der Waals surface area contributed by atoms with Crippen molar-refractivity contribution in [2.45, 2.75) is 6.10 Å². The third kappa shape index (κ3) is 3.73. The maximum absolute atomic E-state index is 12.7. The highest BCUT2D eigenvalue weighted by atomic mass is 32.1. The van der Waals surface area contributed by atoms with Crippen LogP contribution in [-0.4, -0.2) is 63.7 Å². The van der Waals surface area contributed by atoms with Gasteiger partial charge in [0.1, 0.15) is 6.10 Å². The van der Waals surface area contributed by atoms with E-state index in [1.165, 1.54) is 0 Å². The summed E-state index contributed by atoms with van der Waals surface area (Å²) in [6, 6.07) is 9.71. The number of nitrogens with one attached hydrogen (secondary N) is 1. The fraction of sp³-hybridized carbons (Fsp3) is 0.333. The van der Waals surface area contributed by atoms with E-state index < -0.39 is 6.10 Å². The number of hydrogen-bond acceptors (Lipinski definition) is 6. The number of aliphatic hydroxyl groups is 1. The van der Waals surface area contributed by atoms with Crippen LogP contribution in [0.15, 0.2) is 41.1 Å². The number of carbonyl (C=O) groups is 1. The molecule has 1 amide bonds. The van der Waals surface area contributed by atoms with Gasteiger partial charge in [-0.05, 0) is 29.0 Å². The third-order valence-electron chi connectivity index (χ3n) is 4.55. The number of piperazine rings is 1. The van der Waals surface area contributed by atoms with Crippen LogP contribution < -0.4 is 0 Å². The molecule has 2 N–H and O–H groups in total. The van der Waals surface area contributed by atoms with E-state index in [-0.39, 0.29) is 5.91 Å². The van der Waals surface area contributed by atoms with Gasteiger partial charge in [0.25, 0.3) is 5.91 Å². The number of H-pyrrole nitrogens is 1. The second-order valence-corrected chi connectivity index (χ2v) is 8.20. The van der Waals surface area contributed by atoms with Crippen molar-refractivity contribution in [3.8, 4) is 10.6 Å². The van der Waals surface area contributed by atoms with E-state index in [0.29, 0.717) is 25.3 Å². The number of rotatable bonds is 5. The van der Waals surface area contributed by atoms with E-state index in [0.717, 1.165) is 28.5 Å². The lowest BCUT2D eigenvalue weighted by molar-refractivity contribution is 0.0528. The summed E-state index contributed by atoms with van der Waals surface area (Å²) < 4.78 is 0. The summed E-state index contributed by atoms with van der Waals surface area (Å²) in [6.45, 7) is 3.43. The second-order valence-electron chi connectivity index (χ2n) is 6.27. The van der Waals surface area contributed by atoms with Crippen LogP contribution in [0.4, 0.5) is 0 Å². The minimum Gasteiger partial charge on any atom is -0.386 e. The lowest BCUT2D eigenvalue weighted by Gasteiger charge is -2.35. The lowest BCUT2D eigenvalue weighted by atomic mass is 10.2. The quantitative estimate of drug-likeness (QED) is 0.705. The first-order chi connectivity index (χ1) is 12.7. The van der Waals surface area contributed by atoms with E-state index >= 15 is 0 Å². The topological polar surface area (TPSA) is 72.5 Å². The Hall–Kier alpha value is -2.00. The third-order valence-corrected chi connectivity index (χ3v) is 6.42. The molecule has 8 heteroatoms. The SMILES string of the molecule is O=C(c1cc(-c2cccs2)[nH]n1)N1CCN(C[C@@H](O)c2cccs2)CC1. The number of thiophene rings is 2. The van der Waals surface area contributed by atoms with Crippen molar-refractivity contribution in [2.75, 3.05) is 32.7 Å². The van der Waals surface area contributed by atoms with E-state index in [4.69, 9.17) is 0 Å². The number of β-amino-alcohol motifs (C(OH)–C–C–N with tert-alkyl or cyclic N) is 1. The van der Waals surface area contributed by atoms with Gasteiger partial charge in [0.2, 0.25) is 0 Å². The van der Waals surface area contributed by atoms with Crippen molar-refractivity contribution >= 4 is 28.6 Å². The molecule has 3 aromatic rings. The zero-order valence-corrected chi connectivity index (χ0v) is 15.8. The monoisotopic (exact) mass is 388 g/mol. The summed E-state index contributed by atoms with van der Waals surface area (Å²) in [6.07, 6.45) is -0.461. The molecule has 1 fully saturated rings. The number of aromatic amines is 1. The van der Waals surface area contributed by atoms with Gasteiger partial charge in [-0.1, -0.05) is 12.1 Å². The van der Waals surface area contributed by atoms with Gasteiger partial charge in [-0.25, -0.2) is 0 Å². The number of carbonyl (C=O) groups excluding carboxylic acids is 1. The molecule has 0 saturated carbocycles. The van der Waals surface area contributed by atoms with Crippen molar-refractivity contribution in [2.24, 2.45) is 0 Å². The van der Waals surface area contributed by atoms with Gasteiger partial charge < -0.3 is 10.0 Å². The molecule has 0 aliphatic carbocycles. The highest BCUT2D eigenvalue weighted by molar-refractivity contribution is 7.13. The largest absolute Gasteiger partial charge is 0.386 e. The van der Waals surface area contributed by atoms with Crippen LogP contribution in [0.25, 0.3) is 10.6 Å². The molecule has 6 nitrogen and oxygen atoms in total. The Labute approximate surface area is 159 Å². The van der Waals surface area contributed by atoms with E-state index in [9.17, 15) is 9.90 Å². The number of nitrogens with zero attached hydrogens (tertiary/aromatic N) is 3. The first kappa shape index (κ1) is 17.4. The van der Waals surface area contributed by atoms with E-state index in [1.54, 1.807) is 22.7 Å². The maximum Gasteiger partial charge on any atom is 0.274 e. The fourth-order valence-electron chi connectivity index (χ4n) is 3.10. The molecule has 4 rings (SSSR count). The van der Waals surface area contributed by atoms with Crippen LogP contribution in [0.5, 0.6) is 0 Å². The van der Waals surface area contributed by atoms with Gasteiger partial charge in [0, 0.05) is 37.6 Å². The predicted molar refractivity (Wildman–Crippen MR) is 104 cm³/mol. The van der Waals surface area contributed by atoms with Crippen molar-refractivity contribution in [3.05, 3.63) is 51.7 Å². The Kier molecular flexibility index (Phi) is 5.16. The van der Waals surface area contributed by atoms with E-state index in [1.807, 2.05) is 46.0 Å². The first-order valence-electron chi connectivity index (χ1n) is 8.53. The molecular weight excluding hydrogens is 368 g/mol. The molecular formula is C18H20N4O2S2. The molecule has 1 atom stereocenters. The number of aromatic nitrogens is 2. The van der Waals surface area contributed by atoms with Gasteiger partial charge in [0.05, 0.1) is 10.6 Å². The average Bonchev–Trinajstić information content (AvgIpc) is 3.43. The maximum atomic E-state index is 12.7. The van der Waals surface area contributed by atoms with Crippen LogP contribution in [0.3, 0.4) is 0 Å². The highest BCUT2D eigenvalue weighted by Crippen LogP contribution is 2.24. The van der Waals surface area contributed by atoms with Gasteiger partial charge in [0.15, 0.2) is 5.69 Å². The van der Waals surface area contributed by atoms with Crippen molar-refractivity contribution in [3.63, 3.8) is 0 Å². The zero-order chi connectivity index (χ0) is 17.9. The molecule has 1 aliphatic heterocycles. The van der Waals surface area contributed by atoms with Crippen LogP contribution in [-0.2, 0) is 0 Å². The summed E-state index contributed by atoms with van der Waals surface area (Å²) >= 11 is 3.19.